The van der Waals surface area contributed by atoms with Crippen LogP contribution in [0.15, 0.2) is 47.4 Å². The lowest BCUT2D eigenvalue weighted by atomic mass is 10.1. The van der Waals surface area contributed by atoms with Crippen LogP contribution in [0.3, 0.4) is 0 Å². The molecule has 156 valence electrons. The molecule has 0 aliphatic carbocycles. The number of hydrogen-bond acceptors (Lipinski definition) is 4. The monoisotopic (exact) mass is 425 g/mol. The predicted molar refractivity (Wildman–Crippen MR) is 103 cm³/mol. The van der Waals surface area contributed by atoms with E-state index in [9.17, 15) is 26.8 Å². The minimum Gasteiger partial charge on any atom is -0.348 e. The summed E-state index contributed by atoms with van der Waals surface area (Å²) in [5.74, 6) is -2.53. The first-order chi connectivity index (χ1) is 13.5. The molecule has 0 heterocycles. The van der Waals surface area contributed by atoms with Crippen molar-refractivity contribution >= 4 is 27.5 Å². The molecule has 2 aromatic carbocycles. The number of anilines is 1. The fraction of sp³-hybridized carbons (Fsp3) is 0.263. The summed E-state index contributed by atoms with van der Waals surface area (Å²) in [6, 6.07) is 6.44. The van der Waals surface area contributed by atoms with Crippen molar-refractivity contribution in [1.82, 2.24) is 10.0 Å². The zero-order chi connectivity index (χ0) is 21.8. The molecule has 0 aromatic heterocycles. The zero-order valence-corrected chi connectivity index (χ0v) is 16.8. The lowest BCUT2D eigenvalue weighted by molar-refractivity contribution is -0.123. The van der Waals surface area contributed by atoms with Gasteiger partial charge in [-0.3, -0.25) is 9.59 Å². The van der Waals surface area contributed by atoms with Gasteiger partial charge in [-0.2, -0.15) is 4.72 Å². The Bertz CT molecular complexity index is 1010. The van der Waals surface area contributed by atoms with Gasteiger partial charge in [-0.05, 0) is 44.2 Å². The molecule has 2 atom stereocenters. The van der Waals surface area contributed by atoms with Crippen LogP contribution in [0.5, 0.6) is 0 Å². The second-order valence-corrected chi connectivity index (χ2v) is 8.16. The molecule has 0 radical (unpaired) electrons. The van der Waals surface area contributed by atoms with E-state index < -0.39 is 39.6 Å². The molecule has 3 N–H and O–H groups in total. The van der Waals surface area contributed by atoms with Gasteiger partial charge in [0, 0.05) is 24.2 Å². The third-order valence-electron chi connectivity index (χ3n) is 4.00. The Hall–Kier alpha value is -2.85. The third kappa shape index (κ3) is 6.06. The molecule has 29 heavy (non-hydrogen) atoms. The first-order valence-corrected chi connectivity index (χ1v) is 10.1. The van der Waals surface area contributed by atoms with E-state index in [1.165, 1.54) is 51.1 Å². The summed E-state index contributed by atoms with van der Waals surface area (Å²) in [6.45, 7) is 4.16. The number of sulfonamides is 1. The molecular formula is C19H21F2N3O4S. The smallest absolute Gasteiger partial charge is 0.241 e. The van der Waals surface area contributed by atoms with Crippen LogP contribution in [-0.4, -0.2) is 26.3 Å². The van der Waals surface area contributed by atoms with Crippen LogP contribution in [0.1, 0.15) is 32.4 Å². The molecule has 7 nitrogen and oxygen atoms in total. The largest absolute Gasteiger partial charge is 0.348 e. The van der Waals surface area contributed by atoms with Crippen molar-refractivity contribution in [3.05, 3.63) is 59.7 Å². The SMILES string of the molecule is CC(=O)Nc1ccc(S(=O)(=O)NC(C)C(=O)NC(C)c2ccc(F)cc2F)cc1. The highest BCUT2D eigenvalue weighted by Crippen LogP contribution is 2.18. The molecule has 2 aromatic rings. The number of halogens is 2. The van der Waals surface area contributed by atoms with E-state index in [-0.39, 0.29) is 16.4 Å². The van der Waals surface area contributed by atoms with Gasteiger partial charge in [0.2, 0.25) is 21.8 Å². The fourth-order valence-corrected chi connectivity index (χ4v) is 3.75. The van der Waals surface area contributed by atoms with Gasteiger partial charge in [-0.1, -0.05) is 6.07 Å². The van der Waals surface area contributed by atoms with E-state index in [0.717, 1.165) is 6.07 Å². The Morgan fingerprint density at radius 3 is 2.17 bits per heavy atom. The average Bonchev–Trinajstić information content (AvgIpc) is 2.61. The standard InChI is InChI=1S/C19H21F2N3O4S/c1-11(17-9-4-14(20)10-18(17)21)22-19(26)12(2)24-29(27,28)16-7-5-15(6-8-16)23-13(3)25/h4-12,24H,1-3H3,(H,22,26)(H,23,25). The number of carbonyl (C=O) groups is 2. The maximum atomic E-state index is 13.8. The summed E-state index contributed by atoms with van der Waals surface area (Å²) in [4.78, 5) is 23.2. The van der Waals surface area contributed by atoms with E-state index >= 15 is 0 Å². The van der Waals surface area contributed by atoms with Crippen molar-refractivity contribution in [2.45, 2.75) is 37.8 Å². The number of amides is 2. The quantitative estimate of drug-likeness (QED) is 0.634. The molecule has 0 aliphatic heterocycles. The van der Waals surface area contributed by atoms with Gasteiger partial charge in [-0.15, -0.1) is 0 Å². The summed E-state index contributed by atoms with van der Waals surface area (Å²) in [7, 11) is -4.01. The Balaban J connectivity index is 2.04. The number of nitrogens with one attached hydrogen (secondary N) is 3. The van der Waals surface area contributed by atoms with E-state index in [1.54, 1.807) is 0 Å². The van der Waals surface area contributed by atoms with E-state index in [0.29, 0.717) is 11.8 Å². The van der Waals surface area contributed by atoms with Crippen LogP contribution >= 0.6 is 0 Å². The normalized spacial score (nSPS) is 13.4. The third-order valence-corrected chi connectivity index (χ3v) is 5.55. The lowest BCUT2D eigenvalue weighted by Crippen LogP contribution is -2.45. The van der Waals surface area contributed by atoms with Gasteiger partial charge in [-0.25, -0.2) is 17.2 Å². The second-order valence-electron chi connectivity index (χ2n) is 6.44. The summed E-state index contributed by atoms with van der Waals surface area (Å²) in [5.41, 5.74) is 0.501. The van der Waals surface area contributed by atoms with Crippen LogP contribution in [0.2, 0.25) is 0 Å². The van der Waals surface area contributed by atoms with Gasteiger partial charge in [0.15, 0.2) is 0 Å². The van der Waals surface area contributed by atoms with Crippen LogP contribution in [0, 0.1) is 11.6 Å². The summed E-state index contributed by atoms with van der Waals surface area (Å²) in [6.07, 6.45) is 0. The Morgan fingerprint density at radius 2 is 1.62 bits per heavy atom. The summed E-state index contributed by atoms with van der Waals surface area (Å²) < 4.78 is 54.0. The lowest BCUT2D eigenvalue weighted by Gasteiger charge is -2.19. The molecule has 0 saturated heterocycles. The molecule has 0 aliphatic rings. The molecule has 10 heteroatoms. The van der Waals surface area contributed by atoms with Crippen molar-refractivity contribution in [1.29, 1.82) is 0 Å². The van der Waals surface area contributed by atoms with Crippen molar-refractivity contribution in [2.75, 3.05) is 5.32 Å². The highest BCUT2D eigenvalue weighted by Gasteiger charge is 2.24. The Kier molecular flexibility index (Phi) is 7.04. The molecule has 0 saturated carbocycles. The van der Waals surface area contributed by atoms with Gasteiger partial charge >= 0.3 is 0 Å². The molecule has 2 unspecified atom stereocenters. The minimum atomic E-state index is -4.01. The molecule has 0 bridgehead atoms. The fourth-order valence-electron chi connectivity index (χ4n) is 2.54. The molecular weight excluding hydrogens is 404 g/mol. The highest BCUT2D eigenvalue weighted by molar-refractivity contribution is 7.89. The Labute approximate surface area is 167 Å². The Morgan fingerprint density at radius 1 is 1.00 bits per heavy atom. The van der Waals surface area contributed by atoms with Crippen LogP contribution < -0.4 is 15.4 Å². The maximum Gasteiger partial charge on any atom is 0.241 e. The van der Waals surface area contributed by atoms with E-state index in [4.69, 9.17) is 0 Å². The number of carbonyl (C=O) groups excluding carboxylic acids is 2. The number of hydrogen-bond donors (Lipinski definition) is 3. The first-order valence-electron chi connectivity index (χ1n) is 8.65. The second kappa shape index (κ2) is 9.10. The molecule has 2 rings (SSSR count). The number of rotatable bonds is 7. The van der Waals surface area contributed by atoms with Gasteiger partial charge in [0.25, 0.3) is 0 Å². The molecule has 0 spiro atoms. The van der Waals surface area contributed by atoms with E-state index in [1.807, 2.05) is 0 Å². The topological polar surface area (TPSA) is 104 Å². The molecule has 0 fully saturated rings. The molecule has 2 amide bonds. The van der Waals surface area contributed by atoms with E-state index in [2.05, 4.69) is 15.4 Å². The number of benzene rings is 2. The van der Waals surface area contributed by atoms with Crippen molar-refractivity contribution in [3.8, 4) is 0 Å². The summed E-state index contributed by atoms with van der Waals surface area (Å²) >= 11 is 0. The van der Waals surface area contributed by atoms with Gasteiger partial charge < -0.3 is 10.6 Å². The van der Waals surface area contributed by atoms with Crippen LogP contribution in [-0.2, 0) is 19.6 Å². The average molecular weight is 425 g/mol. The minimum absolute atomic E-state index is 0.0726. The maximum absolute atomic E-state index is 13.8. The van der Waals surface area contributed by atoms with Crippen molar-refractivity contribution < 1.29 is 26.8 Å². The van der Waals surface area contributed by atoms with Crippen molar-refractivity contribution in [3.63, 3.8) is 0 Å². The van der Waals surface area contributed by atoms with Crippen molar-refractivity contribution in [2.24, 2.45) is 0 Å². The highest BCUT2D eigenvalue weighted by atomic mass is 32.2. The van der Waals surface area contributed by atoms with Crippen LogP contribution in [0.25, 0.3) is 0 Å². The first kappa shape index (κ1) is 22.4. The summed E-state index contributed by atoms with van der Waals surface area (Å²) in [5, 5.41) is 5.00. The zero-order valence-electron chi connectivity index (χ0n) is 16.0. The van der Waals surface area contributed by atoms with Gasteiger partial charge in [0.05, 0.1) is 17.0 Å². The van der Waals surface area contributed by atoms with Crippen LogP contribution in [0.4, 0.5) is 14.5 Å². The van der Waals surface area contributed by atoms with Gasteiger partial charge in [0.1, 0.15) is 11.6 Å². The predicted octanol–water partition coefficient (Wildman–Crippen LogP) is 2.47.